The topological polar surface area (TPSA) is 73.7 Å². The van der Waals surface area contributed by atoms with E-state index in [0.29, 0.717) is 18.2 Å². The summed E-state index contributed by atoms with van der Waals surface area (Å²) in [6, 6.07) is 6.64. The van der Waals surface area contributed by atoms with Gasteiger partial charge in [0.15, 0.2) is 0 Å². The molecular formula is C14H17N3O2. The number of carbonyl (C=O) groups excluding carboxylic acids is 1. The van der Waals surface area contributed by atoms with Gasteiger partial charge in [-0.15, -0.1) is 0 Å². The van der Waals surface area contributed by atoms with Crippen LogP contribution in [0, 0.1) is 0 Å². The number of nitrogens with zero attached hydrogens (tertiary/aromatic N) is 1. The maximum Gasteiger partial charge on any atom is 0.274 e. The summed E-state index contributed by atoms with van der Waals surface area (Å²) in [5, 5.41) is 14.8. The molecule has 3 N–H and O–H groups in total. The Hall–Kier alpha value is -2.30. The zero-order valence-corrected chi connectivity index (χ0v) is 10.8. The minimum absolute atomic E-state index is 0.191. The quantitative estimate of drug-likeness (QED) is 0.568. The van der Waals surface area contributed by atoms with Crippen molar-refractivity contribution in [2.24, 2.45) is 4.99 Å². The molecule has 1 heterocycles. The van der Waals surface area contributed by atoms with Crippen LogP contribution in [0.25, 0.3) is 6.08 Å². The third kappa shape index (κ3) is 3.58. The van der Waals surface area contributed by atoms with Crippen LogP contribution in [-0.2, 0) is 4.79 Å². The molecule has 2 rings (SSSR count). The lowest BCUT2D eigenvalue weighted by molar-refractivity contribution is -0.115. The monoisotopic (exact) mass is 259 g/mol. The summed E-state index contributed by atoms with van der Waals surface area (Å²) in [6.07, 6.45) is 3.79. The zero-order chi connectivity index (χ0) is 13.7. The van der Waals surface area contributed by atoms with Gasteiger partial charge in [-0.2, -0.15) is 0 Å². The minimum atomic E-state index is -0.191. The van der Waals surface area contributed by atoms with Gasteiger partial charge in [0, 0.05) is 6.54 Å². The highest BCUT2D eigenvalue weighted by atomic mass is 16.3. The molecule has 1 aliphatic rings. The lowest BCUT2D eigenvalue weighted by Gasteiger charge is -1.98. The highest BCUT2D eigenvalue weighted by Gasteiger charge is 2.21. The van der Waals surface area contributed by atoms with E-state index in [0.717, 1.165) is 18.4 Å². The summed E-state index contributed by atoms with van der Waals surface area (Å²) in [7, 11) is 0. The molecule has 0 spiro atoms. The molecular weight excluding hydrogens is 242 g/mol. The van der Waals surface area contributed by atoms with Gasteiger partial charge >= 0.3 is 0 Å². The maximum atomic E-state index is 11.7. The molecule has 0 aromatic heterocycles. The normalized spacial score (nSPS) is 18.7. The van der Waals surface area contributed by atoms with Gasteiger partial charge in [0.05, 0.1) is 0 Å². The van der Waals surface area contributed by atoms with Crippen molar-refractivity contribution < 1.29 is 9.90 Å². The fourth-order valence-corrected chi connectivity index (χ4v) is 1.66. The number of amides is 1. The molecule has 0 radical (unpaired) electrons. The van der Waals surface area contributed by atoms with Gasteiger partial charge in [-0.3, -0.25) is 15.1 Å². The second-order valence-electron chi connectivity index (χ2n) is 4.31. The number of hydrogen-bond donors (Lipinski definition) is 3. The van der Waals surface area contributed by atoms with Crippen molar-refractivity contribution in [1.82, 2.24) is 10.6 Å². The van der Waals surface area contributed by atoms with Crippen molar-refractivity contribution in [2.45, 2.75) is 19.8 Å². The molecule has 1 fully saturated rings. The molecule has 0 unspecified atom stereocenters. The fourth-order valence-electron chi connectivity index (χ4n) is 1.66. The Bertz CT molecular complexity index is 518. The summed E-state index contributed by atoms with van der Waals surface area (Å²) >= 11 is 0. The summed E-state index contributed by atoms with van der Waals surface area (Å²) in [4.78, 5) is 16.0. The minimum Gasteiger partial charge on any atom is -0.508 e. The standard InChI is InChI=1S/C14H17N3O2/c1-2-3-8-15-14-16-12(13(19)17-14)9-10-4-6-11(18)7-5-10/h4-7,9,18H,2-3,8H2,1H3,(H2,15,16,17,19)/b12-9-. The van der Waals surface area contributed by atoms with Gasteiger partial charge in [-0.05, 0) is 30.2 Å². The molecule has 0 saturated carbocycles. The van der Waals surface area contributed by atoms with Crippen molar-refractivity contribution >= 4 is 17.9 Å². The van der Waals surface area contributed by atoms with Gasteiger partial charge in [-0.25, -0.2) is 0 Å². The van der Waals surface area contributed by atoms with Crippen molar-refractivity contribution in [3.63, 3.8) is 0 Å². The summed E-state index contributed by atoms with van der Waals surface area (Å²) in [5.74, 6) is 0.514. The second-order valence-corrected chi connectivity index (χ2v) is 4.31. The van der Waals surface area contributed by atoms with E-state index in [1.165, 1.54) is 0 Å². The van der Waals surface area contributed by atoms with Crippen LogP contribution in [0.2, 0.25) is 0 Å². The van der Waals surface area contributed by atoms with E-state index in [1.807, 2.05) is 0 Å². The third-order valence-electron chi connectivity index (χ3n) is 2.72. The van der Waals surface area contributed by atoms with E-state index in [1.54, 1.807) is 30.3 Å². The highest BCUT2D eigenvalue weighted by Crippen LogP contribution is 2.13. The van der Waals surface area contributed by atoms with Crippen molar-refractivity contribution in [2.75, 3.05) is 6.54 Å². The van der Waals surface area contributed by atoms with Gasteiger partial charge < -0.3 is 10.4 Å². The van der Waals surface area contributed by atoms with Crippen LogP contribution >= 0.6 is 0 Å². The summed E-state index contributed by atoms with van der Waals surface area (Å²) in [6.45, 7) is 2.79. The number of phenols is 1. The second kappa shape index (κ2) is 6.04. The molecule has 1 aliphatic heterocycles. The Morgan fingerprint density at radius 3 is 2.68 bits per heavy atom. The third-order valence-corrected chi connectivity index (χ3v) is 2.72. The van der Waals surface area contributed by atoms with E-state index < -0.39 is 0 Å². The molecule has 0 bridgehead atoms. The van der Waals surface area contributed by atoms with Crippen molar-refractivity contribution in [1.29, 1.82) is 0 Å². The Kier molecular flexibility index (Phi) is 4.18. The Morgan fingerprint density at radius 1 is 1.26 bits per heavy atom. The average molecular weight is 259 g/mol. The van der Waals surface area contributed by atoms with Gasteiger partial charge in [-0.1, -0.05) is 25.5 Å². The van der Waals surface area contributed by atoms with Crippen molar-refractivity contribution in [3.05, 3.63) is 35.5 Å². The van der Waals surface area contributed by atoms with E-state index in [9.17, 15) is 9.90 Å². The van der Waals surface area contributed by atoms with E-state index in [-0.39, 0.29) is 11.7 Å². The van der Waals surface area contributed by atoms with E-state index >= 15 is 0 Å². The molecule has 0 atom stereocenters. The number of phenolic OH excluding ortho intramolecular Hbond substituents is 1. The first-order chi connectivity index (χ1) is 9.19. The van der Waals surface area contributed by atoms with Gasteiger partial charge in [0.2, 0.25) is 5.96 Å². The predicted molar refractivity (Wildman–Crippen MR) is 74.6 cm³/mol. The maximum absolute atomic E-state index is 11.7. The largest absolute Gasteiger partial charge is 0.508 e. The number of rotatable bonds is 4. The van der Waals surface area contributed by atoms with Crippen molar-refractivity contribution in [3.8, 4) is 5.75 Å². The fraction of sp³-hybridized carbons (Fsp3) is 0.286. The van der Waals surface area contributed by atoms with Gasteiger partial charge in [0.1, 0.15) is 11.4 Å². The highest BCUT2D eigenvalue weighted by molar-refractivity contribution is 6.15. The molecule has 5 heteroatoms. The van der Waals surface area contributed by atoms with E-state index in [4.69, 9.17) is 0 Å². The Balaban J connectivity index is 2.07. The lowest BCUT2D eigenvalue weighted by Crippen LogP contribution is -2.25. The number of hydrogen-bond acceptors (Lipinski definition) is 3. The number of aliphatic imine (C=N–C) groups is 1. The number of nitrogens with one attached hydrogen (secondary N) is 2. The van der Waals surface area contributed by atoms with Crippen LogP contribution in [0.1, 0.15) is 25.3 Å². The predicted octanol–water partition coefficient (Wildman–Crippen LogP) is 1.61. The van der Waals surface area contributed by atoms with E-state index in [2.05, 4.69) is 22.5 Å². The number of unbranched alkanes of at least 4 members (excludes halogenated alkanes) is 1. The smallest absolute Gasteiger partial charge is 0.274 e. The molecule has 1 amide bonds. The van der Waals surface area contributed by atoms with Crippen LogP contribution in [0.4, 0.5) is 0 Å². The molecule has 0 aliphatic carbocycles. The number of aromatic hydroxyl groups is 1. The van der Waals surface area contributed by atoms with Crippen LogP contribution < -0.4 is 10.6 Å². The van der Waals surface area contributed by atoms with Crippen LogP contribution in [0.5, 0.6) is 5.75 Å². The SMILES string of the molecule is CCCCN=C1NC(=O)/C(=C/c2ccc(O)cc2)N1. The lowest BCUT2D eigenvalue weighted by atomic mass is 10.2. The van der Waals surface area contributed by atoms with Crippen LogP contribution in [-0.4, -0.2) is 23.5 Å². The molecule has 1 aromatic rings. The molecule has 1 saturated heterocycles. The first kappa shape index (κ1) is 13.1. The molecule has 100 valence electrons. The summed E-state index contributed by atoms with van der Waals surface area (Å²) < 4.78 is 0. The van der Waals surface area contributed by atoms with Crippen LogP contribution in [0.3, 0.4) is 0 Å². The molecule has 19 heavy (non-hydrogen) atoms. The van der Waals surface area contributed by atoms with Crippen LogP contribution in [0.15, 0.2) is 35.0 Å². The summed E-state index contributed by atoms with van der Waals surface area (Å²) in [5.41, 5.74) is 1.30. The Morgan fingerprint density at radius 2 is 2.00 bits per heavy atom. The number of carbonyl (C=O) groups is 1. The molecule has 1 aromatic carbocycles. The zero-order valence-electron chi connectivity index (χ0n) is 10.8. The molecule has 5 nitrogen and oxygen atoms in total. The first-order valence-electron chi connectivity index (χ1n) is 6.32. The number of guanidine groups is 1. The Labute approximate surface area is 112 Å². The first-order valence-corrected chi connectivity index (χ1v) is 6.32. The number of benzene rings is 1. The van der Waals surface area contributed by atoms with Gasteiger partial charge in [0.25, 0.3) is 5.91 Å². The average Bonchev–Trinajstić information content (AvgIpc) is 2.73.